The Kier molecular flexibility index (Phi) is 4.76. The molecular formula is C17H25N5OS. The van der Waals surface area contributed by atoms with Crippen LogP contribution in [-0.2, 0) is 9.89 Å². The van der Waals surface area contributed by atoms with Crippen LogP contribution in [0, 0.1) is 13.8 Å². The van der Waals surface area contributed by atoms with E-state index < -0.39 is 9.89 Å². The first-order valence-electron chi connectivity index (χ1n) is 8.22. The highest BCUT2D eigenvalue weighted by Crippen LogP contribution is 2.27. The maximum Gasteiger partial charge on any atom is 0.139 e. The number of anilines is 1. The smallest absolute Gasteiger partial charge is 0.139 e. The van der Waals surface area contributed by atoms with Crippen LogP contribution in [0.1, 0.15) is 30.4 Å². The van der Waals surface area contributed by atoms with Crippen LogP contribution in [0.3, 0.4) is 0 Å². The fraction of sp³-hybridized carbons (Fsp3) is 0.471. The quantitative estimate of drug-likeness (QED) is 0.828. The molecule has 7 heteroatoms. The Bertz CT molecular complexity index is 849. The number of aryl methyl sites for hydroxylation is 2. The van der Waals surface area contributed by atoms with Gasteiger partial charge in [0.25, 0.3) is 0 Å². The second-order valence-corrected chi connectivity index (χ2v) is 8.30. The molecule has 2 unspecified atom stereocenters. The van der Waals surface area contributed by atoms with E-state index in [2.05, 4.69) is 51.4 Å². The van der Waals surface area contributed by atoms with Crippen molar-refractivity contribution in [3.05, 3.63) is 29.6 Å². The lowest BCUT2D eigenvalue weighted by Crippen LogP contribution is -2.39. The summed E-state index contributed by atoms with van der Waals surface area (Å²) < 4.78 is 14.6. The predicted molar refractivity (Wildman–Crippen MR) is 101 cm³/mol. The Morgan fingerprint density at radius 1 is 1.25 bits per heavy atom. The number of hydrogen-bond acceptors (Lipinski definition) is 4. The number of aromatic nitrogens is 2. The summed E-state index contributed by atoms with van der Waals surface area (Å²) >= 11 is 0. The zero-order chi connectivity index (χ0) is 17.3. The predicted octanol–water partition coefficient (Wildman–Crippen LogP) is 1.70. The molecule has 0 radical (unpaired) electrons. The van der Waals surface area contributed by atoms with Crippen LogP contribution in [0.25, 0.3) is 10.9 Å². The highest BCUT2D eigenvalue weighted by Gasteiger charge is 2.20. The van der Waals surface area contributed by atoms with Crippen molar-refractivity contribution in [1.29, 1.82) is 0 Å². The lowest BCUT2D eigenvalue weighted by Gasteiger charge is -2.23. The van der Waals surface area contributed by atoms with E-state index in [9.17, 15) is 4.21 Å². The van der Waals surface area contributed by atoms with Crippen molar-refractivity contribution in [2.24, 2.45) is 5.14 Å². The Morgan fingerprint density at radius 2 is 2.00 bits per heavy atom. The van der Waals surface area contributed by atoms with Crippen LogP contribution in [0.15, 0.2) is 18.5 Å². The molecule has 2 aromatic rings. The van der Waals surface area contributed by atoms with E-state index >= 15 is 0 Å². The lowest BCUT2D eigenvalue weighted by atomic mass is 10.1. The zero-order valence-electron chi connectivity index (χ0n) is 14.3. The maximum atomic E-state index is 11.7. The molecule has 0 aliphatic carbocycles. The minimum Gasteiger partial charge on any atom is -0.356 e. The molecule has 0 spiro atoms. The third-order valence-electron chi connectivity index (χ3n) is 4.62. The summed E-state index contributed by atoms with van der Waals surface area (Å²) in [5.41, 5.74) is 3.46. The topological polar surface area (TPSA) is 84.1 Å². The molecule has 1 aromatic heterocycles. The largest absolute Gasteiger partial charge is 0.356 e. The fourth-order valence-electron chi connectivity index (χ4n) is 3.26. The van der Waals surface area contributed by atoms with Crippen LogP contribution in [-0.4, -0.2) is 39.2 Å². The van der Waals surface area contributed by atoms with Gasteiger partial charge >= 0.3 is 0 Å². The summed E-state index contributed by atoms with van der Waals surface area (Å²) in [6.07, 6.45) is 4.42. The summed E-state index contributed by atoms with van der Waals surface area (Å²) in [5, 5.41) is 6.63. The highest BCUT2D eigenvalue weighted by molar-refractivity contribution is 7.96. The van der Waals surface area contributed by atoms with Crippen molar-refractivity contribution in [3.63, 3.8) is 0 Å². The van der Waals surface area contributed by atoms with Crippen LogP contribution in [0.4, 0.5) is 5.82 Å². The summed E-state index contributed by atoms with van der Waals surface area (Å²) in [4.78, 5) is 11.2. The SMILES string of the molecule is C=S(N)(=O)NC1CCCN(c2ncnc3cc(C)c(C)cc23)CC1. The van der Waals surface area contributed by atoms with E-state index in [0.717, 1.165) is 49.1 Å². The molecule has 1 aliphatic heterocycles. The Labute approximate surface area is 143 Å². The number of nitrogens with zero attached hydrogens (tertiary/aromatic N) is 3. The van der Waals surface area contributed by atoms with Crippen molar-refractivity contribution in [3.8, 4) is 0 Å². The van der Waals surface area contributed by atoms with Crippen LogP contribution in [0.2, 0.25) is 0 Å². The van der Waals surface area contributed by atoms with Gasteiger partial charge in [-0.25, -0.2) is 24.0 Å². The number of nitrogens with two attached hydrogens (primary N) is 1. The molecule has 1 aliphatic rings. The zero-order valence-corrected chi connectivity index (χ0v) is 15.1. The van der Waals surface area contributed by atoms with Crippen LogP contribution in [0.5, 0.6) is 0 Å². The molecule has 3 N–H and O–H groups in total. The molecule has 1 aromatic carbocycles. The van der Waals surface area contributed by atoms with E-state index in [-0.39, 0.29) is 6.04 Å². The molecule has 0 bridgehead atoms. The number of rotatable bonds is 3. The van der Waals surface area contributed by atoms with E-state index in [0.29, 0.717) is 0 Å². The van der Waals surface area contributed by atoms with Gasteiger partial charge in [-0.05, 0) is 62.2 Å². The van der Waals surface area contributed by atoms with Crippen molar-refractivity contribution in [2.75, 3.05) is 18.0 Å². The van der Waals surface area contributed by atoms with Gasteiger partial charge < -0.3 is 4.90 Å². The average Bonchev–Trinajstić information content (AvgIpc) is 2.72. The third kappa shape index (κ3) is 3.85. The second kappa shape index (κ2) is 6.66. The van der Waals surface area contributed by atoms with Gasteiger partial charge in [-0.1, -0.05) is 0 Å². The molecule has 6 nitrogen and oxygen atoms in total. The van der Waals surface area contributed by atoms with Gasteiger partial charge in [0.05, 0.1) is 15.4 Å². The Balaban J connectivity index is 1.87. The van der Waals surface area contributed by atoms with E-state index in [1.165, 1.54) is 11.1 Å². The number of nitrogens with one attached hydrogen (secondary N) is 1. The summed E-state index contributed by atoms with van der Waals surface area (Å²) in [6, 6.07) is 4.41. The van der Waals surface area contributed by atoms with Gasteiger partial charge in [0.2, 0.25) is 0 Å². The summed E-state index contributed by atoms with van der Waals surface area (Å²) in [6.45, 7) is 5.97. The highest BCUT2D eigenvalue weighted by atomic mass is 32.2. The number of benzene rings is 1. The summed E-state index contributed by atoms with van der Waals surface area (Å²) in [7, 11) is -2.66. The molecule has 2 atom stereocenters. The number of fused-ring (bicyclic) bond motifs is 1. The van der Waals surface area contributed by atoms with Gasteiger partial charge in [-0.3, -0.25) is 0 Å². The molecule has 3 rings (SSSR count). The van der Waals surface area contributed by atoms with Gasteiger partial charge in [-0.2, -0.15) is 0 Å². The van der Waals surface area contributed by atoms with Gasteiger partial charge in [0.15, 0.2) is 0 Å². The normalized spacial score (nSPS) is 21.5. The van der Waals surface area contributed by atoms with Crippen molar-refractivity contribution >= 4 is 32.5 Å². The third-order valence-corrected chi connectivity index (χ3v) is 5.36. The Morgan fingerprint density at radius 3 is 2.75 bits per heavy atom. The first kappa shape index (κ1) is 17.1. The molecular weight excluding hydrogens is 322 g/mol. The maximum absolute atomic E-state index is 11.7. The van der Waals surface area contributed by atoms with Crippen molar-refractivity contribution in [2.45, 2.75) is 39.2 Å². The minimum atomic E-state index is -2.66. The van der Waals surface area contributed by atoms with Crippen molar-refractivity contribution < 1.29 is 4.21 Å². The molecule has 130 valence electrons. The van der Waals surface area contributed by atoms with Gasteiger partial charge in [0, 0.05) is 24.5 Å². The van der Waals surface area contributed by atoms with Crippen LogP contribution >= 0.6 is 0 Å². The lowest BCUT2D eigenvalue weighted by molar-refractivity contribution is 0.551. The summed E-state index contributed by atoms with van der Waals surface area (Å²) in [5.74, 6) is 4.47. The molecule has 2 heterocycles. The van der Waals surface area contributed by atoms with E-state index in [4.69, 9.17) is 5.14 Å². The molecule has 1 fully saturated rings. The Hall–Kier alpha value is -1.70. The standard InChI is InChI=1S/C17H25N5OS/c1-12-9-15-16(10-13(12)2)19-11-20-17(15)22-7-4-5-14(6-8-22)21-24(3,18)23/h9-11,14H,3-8H2,1-2H3,(H3,18,21,23). The molecule has 0 saturated carbocycles. The van der Waals surface area contributed by atoms with Gasteiger partial charge in [-0.15, -0.1) is 0 Å². The molecule has 1 saturated heterocycles. The number of hydrogen-bond donors (Lipinski definition) is 2. The van der Waals surface area contributed by atoms with Crippen LogP contribution < -0.4 is 14.8 Å². The monoisotopic (exact) mass is 347 g/mol. The molecule has 0 amide bonds. The first-order chi connectivity index (χ1) is 11.3. The minimum absolute atomic E-state index is 0.127. The average molecular weight is 347 g/mol. The van der Waals surface area contributed by atoms with E-state index in [1.807, 2.05) is 0 Å². The first-order valence-corrected chi connectivity index (χ1v) is 10.0. The van der Waals surface area contributed by atoms with E-state index in [1.54, 1.807) is 6.33 Å². The van der Waals surface area contributed by atoms with Gasteiger partial charge in [0.1, 0.15) is 12.1 Å². The molecule has 24 heavy (non-hydrogen) atoms. The van der Waals surface area contributed by atoms with Crippen molar-refractivity contribution in [1.82, 2.24) is 14.7 Å². The second-order valence-electron chi connectivity index (χ2n) is 6.61. The fourth-order valence-corrected chi connectivity index (χ4v) is 4.06.